The molecule has 0 aliphatic rings. The topological polar surface area (TPSA) is 49.9 Å². The van der Waals surface area contributed by atoms with Crippen LogP contribution in [0.15, 0.2) is 42.5 Å². The van der Waals surface area contributed by atoms with Gasteiger partial charge in [-0.05, 0) is 24.3 Å². The molecule has 0 saturated carbocycles. The third-order valence-electron chi connectivity index (χ3n) is 3.66. The molecule has 2 N–H and O–H groups in total. The first kappa shape index (κ1) is 20.2. The molecule has 1 heterocycles. The van der Waals surface area contributed by atoms with Crippen LogP contribution in [-0.2, 0) is 13.0 Å². The van der Waals surface area contributed by atoms with Crippen LogP contribution in [0.4, 0.5) is 4.39 Å². The number of benzene rings is 2. The zero-order valence-electron chi connectivity index (χ0n) is 13.2. The number of nitrogens with one attached hydrogen (secondary N) is 2. The quantitative estimate of drug-likeness (QED) is 0.646. The van der Waals surface area contributed by atoms with Gasteiger partial charge in [0.2, 0.25) is 0 Å². The molecule has 0 saturated heterocycles. The number of methoxy groups -OCH3 is 1. The highest BCUT2D eigenvalue weighted by Crippen LogP contribution is 2.22. The van der Waals surface area contributed by atoms with Crippen LogP contribution in [0.2, 0.25) is 0 Å². The van der Waals surface area contributed by atoms with Gasteiger partial charge in [0.15, 0.2) is 0 Å². The Morgan fingerprint density at radius 1 is 1.17 bits per heavy atom. The van der Waals surface area contributed by atoms with Crippen molar-refractivity contribution in [1.82, 2.24) is 15.5 Å². The van der Waals surface area contributed by atoms with Gasteiger partial charge >= 0.3 is 0 Å². The second-order valence-corrected chi connectivity index (χ2v) is 5.10. The highest BCUT2D eigenvalue weighted by molar-refractivity contribution is 5.85. The van der Waals surface area contributed by atoms with Crippen LogP contribution in [0.1, 0.15) is 11.3 Å². The second kappa shape index (κ2) is 9.47. The van der Waals surface area contributed by atoms with E-state index in [1.165, 1.54) is 6.07 Å². The Kier molecular flexibility index (Phi) is 7.98. The molecule has 3 aromatic rings. The summed E-state index contributed by atoms with van der Waals surface area (Å²) in [4.78, 5) is 0. The van der Waals surface area contributed by atoms with Gasteiger partial charge < -0.3 is 10.1 Å². The standard InChI is InChI=1S/C17H18FN3O.2ClH/c1-22-13-6-7-16-14(10-13)17(21-20-16)8-9-19-11-12-4-2-3-5-15(12)18;;/h2-7,10,19H,8-9,11H2,1H3,(H,20,21);2*1H. The second-order valence-electron chi connectivity index (χ2n) is 5.10. The molecule has 1 aromatic heterocycles. The van der Waals surface area contributed by atoms with E-state index in [9.17, 15) is 4.39 Å². The van der Waals surface area contributed by atoms with E-state index in [4.69, 9.17) is 4.74 Å². The Balaban J connectivity index is 0.00000144. The molecule has 0 aliphatic carbocycles. The Hall–Kier alpha value is -1.82. The minimum absolute atomic E-state index is 0. The van der Waals surface area contributed by atoms with Crippen LogP contribution in [-0.4, -0.2) is 23.9 Å². The van der Waals surface area contributed by atoms with E-state index in [-0.39, 0.29) is 30.6 Å². The van der Waals surface area contributed by atoms with E-state index in [1.807, 2.05) is 24.3 Å². The number of aromatic nitrogens is 2. The van der Waals surface area contributed by atoms with Crippen molar-refractivity contribution in [1.29, 1.82) is 0 Å². The number of hydrogen-bond donors (Lipinski definition) is 2. The number of ether oxygens (including phenoxy) is 1. The van der Waals surface area contributed by atoms with Crippen LogP contribution in [0.3, 0.4) is 0 Å². The predicted molar refractivity (Wildman–Crippen MR) is 99.0 cm³/mol. The van der Waals surface area contributed by atoms with Crippen molar-refractivity contribution in [2.24, 2.45) is 0 Å². The van der Waals surface area contributed by atoms with Crippen LogP contribution in [0, 0.1) is 5.82 Å². The van der Waals surface area contributed by atoms with Gasteiger partial charge in [0.05, 0.1) is 18.3 Å². The fraction of sp³-hybridized carbons (Fsp3) is 0.235. The van der Waals surface area contributed by atoms with Crippen molar-refractivity contribution in [2.75, 3.05) is 13.7 Å². The van der Waals surface area contributed by atoms with Crippen molar-refractivity contribution >= 4 is 35.7 Å². The van der Waals surface area contributed by atoms with E-state index in [0.717, 1.165) is 35.3 Å². The van der Waals surface area contributed by atoms with E-state index in [2.05, 4.69) is 15.5 Å². The SMILES string of the molecule is COc1ccc2[nH]nc(CCNCc3ccccc3F)c2c1.Cl.Cl. The van der Waals surface area contributed by atoms with Gasteiger partial charge in [-0.3, -0.25) is 5.10 Å². The molecule has 0 unspecified atom stereocenters. The summed E-state index contributed by atoms with van der Waals surface area (Å²) in [6.45, 7) is 1.24. The Bertz CT molecular complexity index is 779. The summed E-state index contributed by atoms with van der Waals surface area (Å²) in [5.41, 5.74) is 2.65. The maximum Gasteiger partial charge on any atom is 0.127 e. The number of halogens is 3. The summed E-state index contributed by atoms with van der Waals surface area (Å²) >= 11 is 0. The minimum atomic E-state index is -0.176. The molecule has 0 spiro atoms. The van der Waals surface area contributed by atoms with Gasteiger partial charge in [-0.25, -0.2) is 4.39 Å². The van der Waals surface area contributed by atoms with Gasteiger partial charge in [-0.2, -0.15) is 5.10 Å². The lowest BCUT2D eigenvalue weighted by Crippen LogP contribution is -2.17. The molecule has 0 atom stereocenters. The zero-order valence-corrected chi connectivity index (χ0v) is 14.8. The fourth-order valence-electron chi connectivity index (χ4n) is 2.44. The van der Waals surface area contributed by atoms with Crippen LogP contribution in [0.5, 0.6) is 5.75 Å². The summed E-state index contributed by atoms with van der Waals surface area (Å²) in [7, 11) is 1.65. The Morgan fingerprint density at radius 2 is 1.96 bits per heavy atom. The van der Waals surface area contributed by atoms with Gasteiger partial charge in [-0.15, -0.1) is 24.8 Å². The highest BCUT2D eigenvalue weighted by atomic mass is 35.5. The first-order chi connectivity index (χ1) is 10.8. The average molecular weight is 372 g/mol. The number of fused-ring (bicyclic) bond motifs is 1. The van der Waals surface area contributed by atoms with Crippen molar-refractivity contribution in [3.63, 3.8) is 0 Å². The molecule has 0 fully saturated rings. The molecule has 0 radical (unpaired) electrons. The van der Waals surface area contributed by atoms with E-state index < -0.39 is 0 Å². The van der Waals surface area contributed by atoms with E-state index in [0.29, 0.717) is 12.1 Å². The predicted octanol–water partition coefficient (Wildman–Crippen LogP) is 3.89. The Morgan fingerprint density at radius 3 is 2.71 bits per heavy atom. The molecular weight excluding hydrogens is 352 g/mol. The smallest absolute Gasteiger partial charge is 0.127 e. The number of hydrogen-bond acceptors (Lipinski definition) is 3. The maximum atomic E-state index is 13.5. The van der Waals surface area contributed by atoms with Gasteiger partial charge in [0.1, 0.15) is 11.6 Å². The highest BCUT2D eigenvalue weighted by Gasteiger charge is 2.07. The normalized spacial score (nSPS) is 10.1. The molecule has 0 aliphatic heterocycles. The number of H-pyrrole nitrogens is 1. The molecular formula is C17H20Cl2FN3O. The monoisotopic (exact) mass is 371 g/mol. The molecule has 0 amide bonds. The largest absolute Gasteiger partial charge is 0.497 e. The zero-order chi connectivity index (χ0) is 15.4. The molecule has 3 rings (SSSR count). The van der Waals surface area contributed by atoms with Gasteiger partial charge in [-0.1, -0.05) is 18.2 Å². The summed E-state index contributed by atoms with van der Waals surface area (Å²) in [6, 6.07) is 12.6. The Labute approximate surface area is 152 Å². The lowest BCUT2D eigenvalue weighted by atomic mass is 10.1. The first-order valence-electron chi connectivity index (χ1n) is 7.23. The molecule has 7 heteroatoms. The first-order valence-corrected chi connectivity index (χ1v) is 7.23. The maximum absolute atomic E-state index is 13.5. The van der Waals surface area contributed by atoms with Gasteiger partial charge in [0, 0.05) is 30.5 Å². The number of nitrogens with zero attached hydrogens (tertiary/aromatic N) is 1. The summed E-state index contributed by atoms with van der Waals surface area (Å²) in [5, 5.41) is 11.7. The summed E-state index contributed by atoms with van der Waals surface area (Å²) in [5.74, 6) is 0.638. The molecule has 2 aromatic carbocycles. The molecule has 4 nitrogen and oxygen atoms in total. The average Bonchev–Trinajstić information content (AvgIpc) is 2.95. The van der Waals surface area contributed by atoms with E-state index >= 15 is 0 Å². The van der Waals surface area contributed by atoms with E-state index in [1.54, 1.807) is 19.2 Å². The third-order valence-corrected chi connectivity index (χ3v) is 3.66. The summed E-state index contributed by atoms with van der Waals surface area (Å²) < 4.78 is 18.8. The van der Waals surface area contributed by atoms with Crippen molar-refractivity contribution in [2.45, 2.75) is 13.0 Å². The minimum Gasteiger partial charge on any atom is -0.497 e. The summed E-state index contributed by atoms with van der Waals surface area (Å²) in [6.07, 6.45) is 0.765. The number of aromatic amines is 1. The lowest BCUT2D eigenvalue weighted by Gasteiger charge is -2.05. The molecule has 24 heavy (non-hydrogen) atoms. The van der Waals surface area contributed by atoms with Crippen molar-refractivity contribution < 1.29 is 9.13 Å². The fourth-order valence-corrected chi connectivity index (χ4v) is 2.44. The van der Waals surface area contributed by atoms with Crippen molar-refractivity contribution in [3.05, 3.63) is 59.5 Å². The lowest BCUT2D eigenvalue weighted by molar-refractivity contribution is 0.415. The molecule has 0 bridgehead atoms. The van der Waals surface area contributed by atoms with Crippen LogP contribution >= 0.6 is 24.8 Å². The van der Waals surface area contributed by atoms with Crippen LogP contribution < -0.4 is 10.1 Å². The van der Waals surface area contributed by atoms with Crippen molar-refractivity contribution in [3.8, 4) is 5.75 Å². The number of rotatable bonds is 6. The third kappa shape index (κ3) is 4.60. The van der Waals surface area contributed by atoms with Crippen LogP contribution in [0.25, 0.3) is 10.9 Å². The van der Waals surface area contributed by atoms with Gasteiger partial charge in [0.25, 0.3) is 0 Å². The molecule has 130 valence electrons.